The highest BCUT2D eigenvalue weighted by Gasteiger charge is 2.00. The second kappa shape index (κ2) is 8.32. The number of rotatable bonds is 8. The van der Waals surface area contributed by atoms with Gasteiger partial charge in [-0.25, -0.2) is 14.7 Å². The molecule has 0 saturated carbocycles. The van der Waals surface area contributed by atoms with Gasteiger partial charge in [0.25, 0.3) is 0 Å². The van der Waals surface area contributed by atoms with Gasteiger partial charge in [0.15, 0.2) is 0 Å². The molecule has 0 aliphatic carbocycles. The van der Waals surface area contributed by atoms with E-state index in [9.17, 15) is 9.59 Å². The van der Waals surface area contributed by atoms with Crippen LogP contribution in [0.3, 0.4) is 0 Å². The number of aromatic amines is 2. The maximum atomic E-state index is 11.3. The van der Waals surface area contributed by atoms with E-state index in [0.29, 0.717) is 25.3 Å². The van der Waals surface area contributed by atoms with E-state index < -0.39 is 0 Å². The number of amides is 2. The molecular formula is C11H21N5O2. The Kier molecular flexibility index (Phi) is 6.60. The Hall–Kier alpha value is -1.79. The van der Waals surface area contributed by atoms with E-state index in [1.807, 2.05) is 0 Å². The van der Waals surface area contributed by atoms with Crippen LogP contribution in [0.5, 0.6) is 0 Å². The zero-order valence-corrected chi connectivity index (χ0v) is 10.7. The van der Waals surface area contributed by atoms with Crippen LogP contribution in [0, 0.1) is 0 Å². The predicted octanol–water partition coefficient (Wildman–Crippen LogP) is 0.520. The van der Waals surface area contributed by atoms with Gasteiger partial charge in [0.1, 0.15) is 5.82 Å². The number of carbonyl (C=O) groups is 1. The molecule has 0 aliphatic rings. The molecule has 18 heavy (non-hydrogen) atoms. The SMILES string of the molecule is CCCCCNC(=O)NCCCc1n[nH]c(=O)[nH]1. The van der Waals surface area contributed by atoms with Crippen LogP contribution in [0.4, 0.5) is 4.79 Å². The molecule has 0 radical (unpaired) electrons. The first-order chi connectivity index (χ1) is 8.72. The lowest BCUT2D eigenvalue weighted by molar-refractivity contribution is 0.240. The van der Waals surface area contributed by atoms with E-state index in [2.05, 4.69) is 32.7 Å². The first kappa shape index (κ1) is 14.3. The van der Waals surface area contributed by atoms with Crippen LogP contribution < -0.4 is 16.3 Å². The molecule has 2 amide bonds. The summed E-state index contributed by atoms with van der Waals surface area (Å²) in [5.74, 6) is 0.616. The molecule has 0 bridgehead atoms. The second-order valence-corrected chi connectivity index (χ2v) is 4.12. The van der Waals surface area contributed by atoms with Crippen molar-refractivity contribution in [1.29, 1.82) is 0 Å². The summed E-state index contributed by atoms with van der Waals surface area (Å²) in [6.45, 7) is 3.40. The first-order valence-electron chi connectivity index (χ1n) is 6.37. The summed E-state index contributed by atoms with van der Waals surface area (Å²) < 4.78 is 0. The average molecular weight is 255 g/mol. The third kappa shape index (κ3) is 6.07. The molecule has 0 aliphatic heterocycles. The zero-order valence-electron chi connectivity index (χ0n) is 10.7. The predicted molar refractivity (Wildman–Crippen MR) is 68.5 cm³/mol. The molecular weight excluding hydrogens is 234 g/mol. The molecule has 7 heteroatoms. The van der Waals surface area contributed by atoms with Crippen molar-refractivity contribution in [2.45, 2.75) is 39.0 Å². The lowest BCUT2D eigenvalue weighted by atomic mass is 10.2. The van der Waals surface area contributed by atoms with Crippen molar-refractivity contribution >= 4 is 6.03 Å². The van der Waals surface area contributed by atoms with E-state index >= 15 is 0 Å². The summed E-state index contributed by atoms with van der Waals surface area (Å²) >= 11 is 0. The van der Waals surface area contributed by atoms with Crippen molar-refractivity contribution < 1.29 is 4.79 Å². The van der Waals surface area contributed by atoms with Gasteiger partial charge in [-0.2, -0.15) is 5.10 Å². The Bertz CT molecular complexity index is 398. The fourth-order valence-corrected chi connectivity index (χ4v) is 1.52. The number of unbranched alkanes of at least 4 members (excludes halogenated alkanes) is 2. The molecule has 1 aromatic heterocycles. The number of hydrogen-bond acceptors (Lipinski definition) is 3. The van der Waals surface area contributed by atoms with Crippen molar-refractivity contribution in [3.05, 3.63) is 16.3 Å². The van der Waals surface area contributed by atoms with E-state index in [4.69, 9.17) is 0 Å². The van der Waals surface area contributed by atoms with E-state index in [-0.39, 0.29) is 11.7 Å². The number of carbonyl (C=O) groups excluding carboxylic acids is 1. The van der Waals surface area contributed by atoms with Crippen LogP contribution in [0.2, 0.25) is 0 Å². The van der Waals surface area contributed by atoms with Gasteiger partial charge in [0.05, 0.1) is 0 Å². The minimum absolute atomic E-state index is 0.137. The van der Waals surface area contributed by atoms with E-state index in [1.165, 1.54) is 0 Å². The van der Waals surface area contributed by atoms with Crippen molar-refractivity contribution in [2.75, 3.05) is 13.1 Å². The van der Waals surface area contributed by atoms with E-state index in [1.54, 1.807) is 0 Å². The van der Waals surface area contributed by atoms with Crippen molar-refractivity contribution in [1.82, 2.24) is 25.8 Å². The van der Waals surface area contributed by atoms with Crippen LogP contribution in [0.25, 0.3) is 0 Å². The summed E-state index contributed by atoms with van der Waals surface area (Å²) in [4.78, 5) is 24.6. The summed E-state index contributed by atoms with van der Waals surface area (Å²) in [7, 11) is 0. The lowest BCUT2D eigenvalue weighted by Gasteiger charge is -2.06. The maximum Gasteiger partial charge on any atom is 0.340 e. The Morgan fingerprint density at radius 1 is 1.22 bits per heavy atom. The minimum Gasteiger partial charge on any atom is -0.338 e. The highest BCUT2D eigenvalue weighted by atomic mass is 16.2. The monoisotopic (exact) mass is 255 g/mol. The van der Waals surface area contributed by atoms with Crippen molar-refractivity contribution in [3.8, 4) is 0 Å². The Morgan fingerprint density at radius 2 is 1.94 bits per heavy atom. The number of nitrogens with one attached hydrogen (secondary N) is 4. The van der Waals surface area contributed by atoms with Crippen molar-refractivity contribution in [3.63, 3.8) is 0 Å². The third-order valence-electron chi connectivity index (χ3n) is 2.49. The molecule has 0 spiro atoms. The van der Waals surface area contributed by atoms with Crippen LogP contribution in [0.1, 0.15) is 38.4 Å². The summed E-state index contributed by atoms with van der Waals surface area (Å²) in [6.07, 6.45) is 4.66. The van der Waals surface area contributed by atoms with Gasteiger partial charge < -0.3 is 10.6 Å². The first-order valence-corrected chi connectivity index (χ1v) is 6.37. The normalized spacial score (nSPS) is 10.3. The molecule has 0 fully saturated rings. The maximum absolute atomic E-state index is 11.3. The summed E-state index contributed by atoms with van der Waals surface area (Å²) in [5, 5.41) is 11.6. The molecule has 0 unspecified atom stereocenters. The molecule has 4 N–H and O–H groups in total. The Labute approximate surface area is 106 Å². The van der Waals surface area contributed by atoms with Gasteiger partial charge in [-0.05, 0) is 12.8 Å². The standard InChI is InChI=1S/C11H21N5O2/c1-2-3-4-7-12-10(17)13-8-5-6-9-14-11(18)16-15-9/h2-8H2,1H3,(H2,12,13,17)(H2,14,15,16,18). The second-order valence-electron chi connectivity index (χ2n) is 4.12. The van der Waals surface area contributed by atoms with Gasteiger partial charge >= 0.3 is 11.7 Å². The summed E-state index contributed by atoms with van der Waals surface area (Å²) in [6, 6.07) is -0.137. The van der Waals surface area contributed by atoms with Gasteiger partial charge in [-0.1, -0.05) is 19.8 Å². The number of nitrogens with zero attached hydrogens (tertiary/aromatic N) is 1. The Morgan fingerprint density at radius 3 is 2.56 bits per heavy atom. The van der Waals surface area contributed by atoms with Crippen LogP contribution in [0.15, 0.2) is 4.79 Å². The molecule has 1 heterocycles. The van der Waals surface area contributed by atoms with Crippen LogP contribution in [-0.2, 0) is 6.42 Å². The number of H-pyrrole nitrogens is 2. The third-order valence-corrected chi connectivity index (χ3v) is 2.49. The quantitative estimate of drug-likeness (QED) is 0.509. The van der Waals surface area contributed by atoms with Gasteiger partial charge in [0, 0.05) is 19.5 Å². The molecule has 1 rings (SSSR count). The number of urea groups is 1. The van der Waals surface area contributed by atoms with Crippen LogP contribution >= 0.6 is 0 Å². The number of hydrogen-bond donors (Lipinski definition) is 4. The highest BCUT2D eigenvalue weighted by Crippen LogP contribution is 1.91. The van der Waals surface area contributed by atoms with Gasteiger partial charge in [-0.15, -0.1) is 0 Å². The van der Waals surface area contributed by atoms with E-state index in [0.717, 1.165) is 25.7 Å². The van der Waals surface area contributed by atoms with Crippen LogP contribution in [-0.4, -0.2) is 34.3 Å². The number of aromatic nitrogens is 3. The topological polar surface area (TPSA) is 103 Å². The van der Waals surface area contributed by atoms with Gasteiger partial charge in [0.2, 0.25) is 0 Å². The highest BCUT2D eigenvalue weighted by molar-refractivity contribution is 5.73. The fourth-order valence-electron chi connectivity index (χ4n) is 1.52. The summed E-state index contributed by atoms with van der Waals surface area (Å²) in [5.41, 5.74) is -0.299. The largest absolute Gasteiger partial charge is 0.340 e. The molecule has 0 atom stereocenters. The zero-order chi connectivity index (χ0) is 13.2. The average Bonchev–Trinajstić information content (AvgIpc) is 2.76. The molecule has 1 aromatic rings. The Balaban J connectivity index is 2.00. The van der Waals surface area contributed by atoms with Crippen molar-refractivity contribution in [2.24, 2.45) is 0 Å². The molecule has 7 nitrogen and oxygen atoms in total. The minimum atomic E-state index is -0.299. The smallest absolute Gasteiger partial charge is 0.338 e. The van der Waals surface area contributed by atoms with Gasteiger partial charge in [-0.3, -0.25) is 4.98 Å². The fraction of sp³-hybridized carbons (Fsp3) is 0.727. The molecule has 102 valence electrons. The molecule has 0 aromatic carbocycles. The number of aryl methyl sites for hydroxylation is 1. The molecule has 0 saturated heterocycles. The lowest BCUT2D eigenvalue weighted by Crippen LogP contribution is -2.36.